The molecule has 0 bridgehead atoms. The van der Waals surface area contributed by atoms with Crippen LogP contribution in [-0.4, -0.2) is 47.9 Å². The highest BCUT2D eigenvalue weighted by Gasteiger charge is 2.23. The van der Waals surface area contributed by atoms with Gasteiger partial charge in [0.05, 0.1) is 0 Å². The van der Waals surface area contributed by atoms with Gasteiger partial charge in [0.1, 0.15) is 5.82 Å². The molecule has 0 atom stereocenters. The third-order valence-electron chi connectivity index (χ3n) is 3.44. The summed E-state index contributed by atoms with van der Waals surface area (Å²) in [4.78, 5) is 16.5. The highest BCUT2D eigenvalue weighted by Crippen LogP contribution is 2.15. The molecule has 1 heterocycles. The minimum Gasteiger partial charge on any atom is -0.336 e. The molecule has 1 fully saturated rings. The van der Waals surface area contributed by atoms with Crippen LogP contribution in [0, 0.1) is 9.39 Å². The van der Waals surface area contributed by atoms with Gasteiger partial charge in [-0.2, -0.15) is 0 Å². The van der Waals surface area contributed by atoms with Crippen molar-refractivity contribution in [3.8, 4) is 0 Å². The van der Waals surface area contributed by atoms with E-state index in [4.69, 9.17) is 0 Å². The van der Waals surface area contributed by atoms with Gasteiger partial charge in [-0.15, -0.1) is 0 Å². The molecule has 0 N–H and O–H groups in total. The molecule has 1 saturated heterocycles. The Morgan fingerprint density at radius 3 is 2.37 bits per heavy atom. The Bertz CT molecular complexity index is 450. The van der Waals surface area contributed by atoms with E-state index in [1.54, 1.807) is 6.07 Å². The van der Waals surface area contributed by atoms with Crippen LogP contribution in [0.5, 0.6) is 0 Å². The third-order valence-corrected chi connectivity index (χ3v) is 4.06. The molecule has 5 heteroatoms. The van der Waals surface area contributed by atoms with Crippen LogP contribution in [0.4, 0.5) is 4.39 Å². The predicted molar refractivity (Wildman–Crippen MR) is 81.7 cm³/mol. The fourth-order valence-corrected chi connectivity index (χ4v) is 2.93. The summed E-state index contributed by atoms with van der Waals surface area (Å²) < 4.78 is 14.1. The molecule has 1 aliphatic rings. The third kappa shape index (κ3) is 3.66. The van der Waals surface area contributed by atoms with Crippen LogP contribution in [0.2, 0.25) is 0 Å². The van der Waals surface area contributed by atoms with Crippen molar-refractivity contribution in [2.24, 2.45) is 0 Å². The highest BCUT2D eigenvalue weighted by atomic mass is 127. The molecule has 2 rings (SSSR count). The zero-order valence-corrected chi connectivity index (χ0v) is 13.4. The van der Waals surface area contributed by atoms with Crippen molar-refractivity contribution in [1.82, 2.24) is 9.80 Å². The van der Waals surface area contributed by atoms with Crippen molar-refractivity contribution in [2.45, 2.75) is 19.9 Å². The number of piperazine rings is 1. The van der Waals surface area contributed by atoms with E-state index in [0.29, 0.717) is 24.7 Å². The Labute approximate surface area is 126 Å². The van der Waals surface area contributed by atoms with Crippen molar-refractivity contribution in [3.63, 3.8) is 0 Å². The number of benzene rings is 1. The van der Waals surface area contributed by atoms with Crippen molar-refractivity contribution in [1.29, 1.82) is 0 Å². The summed E-state index contributed by atoms with van der Waals surface area (Å²) in [6, 6.07) is 4.99. The first kappa shape index (κ1) is 14.7. The number of carbonyl (C=O) groups excluding carboxylic acids is 1. The van der Waals surface area contributed by atoms with Gasteiger partial charge in [0.15, 0.2) is 0 Å². The van der Waals surface area contributed by atoms with Gasteiger partial charge in [-0.1, -0.05) is 0 Å². The predicted octanol–water partition coefficient (Wildman–Crippen LogP) is 2.60. The second-order valence-corrected chi connectivity index (χ2v) is 6.33. The zero-order chi connectivity index (χ0) is 14.0. The maximum atomic E-state index is 13.3. The number of rotatable bonds is 2. The maximum Gasteiger partial charge on any atom is 0.254 e. The number of halogens is 2. The molecule has 0 aromatic heterocycles. The van der Waals surface area contributed by atoms with Crippen LogP contribution in [0.15, 0.2) is 18.2 Å². The average Bonchev–Trinajstić information content (AvgIpc) is 2.37. The first-order valence-electron chi connectivity index (χ1n) is 6.47. The normalized spacial score (nSPS) is 17.0. The highest BCUT2D eigenvalue weighted by molar-refractivity contribution is 14.1. The average molecular weight is 376 g/mol. The SMILES string of the molecule is CC(C)N1CCN(C(=O)c2cc(F)cc(I)c2)CC1. The molecule has 0 aliphatic carbocycles. The lowest BCUT2D eigenvalue weighted by molar-refractivity contribution is 0.0595. The summed E-state index contributed by atoms with van der Waals surface area (Å²) >= 11 is 2.03. The second kappa shape index (κ2) is 6.17. The van der Waals surface area contributed by atoms with Gasteiger partial charge in [0.25, 0.3) is 5.91 Å². The Morgan fingerprint density at radius 2 is 1.84 bits per heavy atom. The molecule has 0 unspecified atom stereocenters. The lowest BCUT2D eigenvalue weighted by Gasteiger charge is -2.37. The zero-order valence-electron chi connectivity index (χ0n) is 11.2. The molecule has 19 heavy (non-hydrogen) atoms. The van der Waals surface area contributed by atoms with Gasteiger partial charge in [-0.25, -0.2) is 4.39 Å². The van der Waals surface area contributed by atoms with Crippen molar-refractivity contribution in [3.05, 3.63) is 33.1 Å². The molecule has 0 radical (unpaired) electrons. The van der Waals surface area contributed by atoms with E-state index in [-0.39, 0.29) is 11.7 Å². The van der Waals surface area contributed by atoms with Gasteiger partial charge < -0.3 is 4.90 Å². The Balaban J connectivity index is 2.05. The van der Waals surface area contributed by atoms with Crippen LogP contribution in [0.25, 0.3) is 0 Å². The first-order chi connectivity index (χ1) is 8.97. The lowest BCUT2D eigenvalue weighted by atomic mass is 10.1. The van der Waals surface area contributed by atoms with Gasteiger partial charge >= 0.3 is 0 Å². The van der Waals surface area contributed by atoms with Crippen LogP contribution < -0.4 is 0 Å². The number of carbonyl (C=O) groups is 1. The lowest BCUT2D eigenvalue weighted by Crippen LogP contribution is -2.50. The van der Waals surface area contributed by atoms with E-state index < -0.39 is 0 Å². The van der Waals surface area contributed by atoms with Crippen LogP contribution in [-0.2, 0) is 0 Å². The smallest absolute Gasteiger partial charge is 0.254 e. The fourth-order valence-electron chi connectivity index (χ4n) is 2.30. The Kier molecular flexibility index (Phi) is 4.78. The van der Waals surface area contributed by atoms with Crippen molar-refractivity contribution >= 4 is 28.5 Å². The molecule has 1 aromatic carbocycles. The van der Waals surface area contributed by atoms with Gasteiger partial charge in [-0.05, 0) is 54.6 Å². The molecule has 1 aliphatic heterocycles. The Hall–Kier alpha value is -0.690. The molecule has 1 amide bonds. The Morgan fingerprint density at radius 1 is 1.21 bits per heavy atom. The minimum atomic E-state index is -0.351. The second-order valence-electron chi connectivity index (χ2n) is 5.08. The van der Waals surface area contributed by atoms with E-state index in [0.717, 1.165) is 16.7 Å². The minimum absolute atomic E-state index is 0.0687. The number of hydrogen-bond acceptors (Lipinski definition) is 2. The summed E-state index contributed by atoms with van der Waals surface area (Å²) in [5.74, 6) is -0.420. The standard InChI is InChI=1S/C14H18FIN2O/c1-10(2)17-3-5-18(6-4-17)14(19)11-7-12(15)9-13(16)8-11/h7-10H,3-6H2,1-2H3. The molecular weight excluding hydrogens is 358 g/mol. The fraction of sp³-hybridized carbons (Fsp3) is 0.500. The molecule has 104 valence electrons. The first-order valence-corrected chi connectivity index (χ1v) is 7.54. The van der Waals surface area contributed by atoms with E-state index in [9.17, 15) is 9.18 Å². The van der Waals surface area contributed by atoms with E-state index in [2.05, 4.69) is 18.7 Å². The number of hydrogen-bond donors (Lipinski definition) is 0. The van der Waals surface area contributed by atoms with E-state index >= 15 is 0 Å². The van der Waals surface area contributed by atoms with Gasteiger partial charge in [-0.3, -0.25) is 9.69 Å². The summed E-state index contributed by atoms with van der Waals surface area (Å²) in [6.07, 6.45) is 0. The summed E-state index contributed by atoms with van der Waals surface area (Å²) in [5, 5.41) is 0. The monoisotopic (exact) mass is 376 g/mol. The van der Waals surface area contributed by atoms with Crippen molar-refractivity contribution < 1.29 is 9.18 Å². The van der Waals surface area contributed by atoms with Crippen LogP contribution in [0.1, 0.15) is 24.2 Å². The van der Waals surface area contributed by atoms with Gasteiger partial charge in [0, 0.05) is 41.4 Å². The maximum absolute atomic E-state index is 13.3. The summed E-state index contributed by atoms with van der Waals surface area (Å²) in [6.45, 7) is 7.51. The van der Waals surface area contributed by atoms with E-state index in [1.165, 1.54) is 12.1 Å². The largest absolute Gasteiger partial charge is 0.336 e. The van der Waals surface area contributed by atoms with Gasteiger partial charge in [0.2, 0.25) is 0 Å². The molecular formula is C14H18FIN2O. The number of nitrogens with zero attached hydrogens (tertiary/aromatic N) is 2. The summed E-state index contributed by atoms with van der Waals surface area (Å²) in [5.41, 5.74) is 0.447. The van der Waals surface area contributed by atoms with Crippen molar-refractivity contribution in [2.75, 3.05) is 26.2 Å². The van der Waals surface area contributed by atoms with E-state index in [1.807, 2.05) is 27.5 Å². The molecule has 0 saturated carbocycles. The molecule has 0 spiro atoms. The molecule has 3 nitrogen and oxygen atoms in total. The summed E-state index contributed by atoms with van der Waals surface area (Å²) in [7, 11) is 0. The topological polar surface area (TPSA) is 23.6 Å². The quantitative estimate of drug-likeness (QED) is 0.741. The molecule has 1 aromatic rings. The number of amides is 1. The van der Waals surface area contributed by atoms with Crippen LogP contribution in [0.3, 0.4) is 0 Å². The van der Waals surface area contributed by atoms with Crippen LogP contribution >= 0.6 is 22.6 Å².